The first kappa shape index (κ1) is 19.2. The zero-order valence-electron chi connectivity index (χ0n) is 14.2. The Kier molecular flexibility index (Phi) is 5.15. The Balaban J connectivity index is 1.64. The van der Waals surface area contributed by atoms with Crippen LogP contribution in [0.4, 0.5) is 24.5 Å². The number of hydrogen-bond acceptors (Lipinski definition) is 2. The van der Waals surface area contributed by atoms with Crippen molar-refractivity contribution in [3.63, 3.8) is 0 Å². The van der Waals surface area contributed by atoms with E-state index in [4.69, 9.17) is 11.6 Å². The number of hydrogen-bond donors (Lipinski definition) is 2. The van der Waals surface area contributed by atoms with E-state index in [0.29, 0.717) is 12.1 Å². The summed E-state index contributed by atoms with van der Waals surface area (Å²) >= 11 is 5.88. The molecular weight excluding hydrogens is 381 g/mol. The molecule has 0 radical (unpaired) electrons. The normalized spacial score (nSPS) is 18.7. The number of alkyl halides is 3. The first-order chi connectivity index (χ1) is 12.7. The molecule has 27 heavy (non-hydrogen) atoms. The van der Waals surface area contributed by atoms with E-state index in [1.807, 2.05) is 19.1 Å². The van der Waals surface area contributed by atoms with Gasteiger partial charge in [-0.1, -0.05) is 29.8 Å². The van der Waals surface area contributed by atoms with Crippen LogP contribution in [0.2, 0.25) is 5.02 Å². The Labute approximate surface area is 158 Å². The summed E-state index contributed by atoms with van der Waals surface area (Å²) in [6.45, 7) is 1.85. The molecule has 2 aromatic carbocycles. The molecule has 0 heterocycles. The van der Waals surface area contributed by atoms with E-state index in [1.165, 1.54) is 0 Å². The van der Waals surface area contributed by atoms with Crippen molar-refractivity contribution in [1.29, 1.82) is 0 Å². The van der Waals surface area contributed by atoms with Gasteiger partial charge in [0, 0.05) is 5.69 Å². The lowest BCUT2D eigenvalue weighted by atomic mass is 10.1. The number of benzene rings is 2. The summed E-state index contributed by atoms with van der Waals surface area (Å²) in [5.41, 5.74) is 0.519. The summed E-state index contributed by atoms with van der Waals surface area (Å²) < 4.78 is 38.4. The minimum atomic E-state index is -4.54. The molecule has 2 amide bonds. The van der Waals surface area contributed by atoms with Gasteiger partial charge < -0.3 is 10.6 Å². The maximum Gasteiger partial charge on any atom is 0.416 e. The molecule has 1 aliphatic rings. The maximum absolute atomic E-state index is 12.8. The summed E-state index contributed by atoms with van der Waals surface area (Å²) in [5, 5.41) is 5.16. The van der Waals surface area contributed by atoms with Gasteiger partial charge in [-0.25, -0.2) is 0 Å². The molecule has 8 heteroatoms. The predicted molar refractivity (Wildman–Crippen MR) is 96.5 cm³/mol. The van der Waals surface area contributed by atoms with E-state index in [2.05, 4.69) is 10.6 Å². The van der Waals surface area contributed by atoms with E-state index in [1.54, 1.807) is 12.1 Å². The van der Waals surface area contributed by atoms with Crippen molar-refractivity contribution in [2.75, 3.05) is 10.6 Å². The third-order valence-electron chi connectivity index (χ3n) is 4.42. The summed E-state index contributed by atoms with van der Waals surface area (Å²) in [6, 6.07) is 9.94. The van der Waals surface area contributed by atoms with Crippen molar-refractivity contribution in [2.24, 2.45) is 11.8 Å². The Hall–Kier alpha value is -2.54. The predicted octanol–water partition coefficient (Wildman–Crippen LogP) is 4.88. The van der Waals surface area contributed by atoms with Crippen molar-refractivity contribution >= 4 is 34.8 Å². The first-order valence-electron chi connectivity index (χ1n) is 8.21. The average Bonchev–Trinajstić information content (AvgIpc) is 3.39. The molecule has 1 saturated carbocycles. The van der Waals surface area contributed by atoms with Crippen LogP contribution in [0.5, 0.6) is 0 Å². The van der Waals surface area contributed by atoms with Gasteiger partial charge in [-0.05, 0) is 43.2 Å². The summed E-state index contributed by atoms with van der Waals surface area (Å²) in [7, 11) is 0. The second kappa shape index (κ2) is 7.23. The lowest BCUT2D eigenvalue weighted by molar-refractivity contribution is -0.137. The van der Waals surface area contributed by atoms with Crippen molar-refractivity contribution in [3.8, 4) is 0 Å². The largest absolute Gasteiger partial charge is 0.416 e. The Morgan fingerprint density at radius 3 is 2.19 bits per heavy atom. The number of halogens is 4. The fraction of sp³-hybridized carbons (Fsp3) is 0.263. The highest BCUT2D eigenvalue weighted by Crippen LogP contribution is 2.41. The number of carbonyl (C=O) groups is 2. The highest BCUT2D eigenvalue weighted by atomic mass is 35.5. The number of anilines is 2. The first-order valence-corrected chi connectivity index (χ1v) is 8.58. The molecule has 0 aromatic heterocycles. The molecule has 2 aromatic rings. The number of carbonyl (C=O) groups excluding carboxylic acids is 2. The highest BCUT2D eigenvalue weighted by molar-refractivity contribution is 6.33. The molecular formula is C19H16ClF3N2O2. The highest BCUT2D eigenvalue weighted by Gasteiger charge is 2.48. The third kappa shape index (κ3) is 4.42. The lowest BCUT2D eigenvalue weighted by Crippen LogP contribution is -2.21. The fourth-order valence-corrected chi connectivity index (χ4v) is 2.90. The van der Waals surface area contributed by atoms with Crippen LogP contribution in [-0.4, -0.2) is 11.8 Å². The van der Waals surface area contributed by atoms with Crippen molar-refractivity contribution in [3.05, 3.63) is 58.6 Å². The van der Waals surface area contributed by atoms with E-state index in [9.17, 15) is 22.8 Å². The van der Waals surface area contributed by atoms with Crippen molar-refractivity contribution in [2.45, 2.75) is 19.5 Å². The second-order valence-electron chi connectivity index (χ2n) is 6.43. The zero-order valence-corrected chi connectivity index (χ0v) is 15.0. The van der Waals surface area contributed by atoms with Gasteiger partial charge in [-0.15, -0.1) is 0 Å². The Morgan fingerprint density at radius 2 is 1.59 bits per heavy atom. The molecule has 4 nitrogen and oxygen atoms in total. The molecule has 0 bridgehead atoms. The molecule has 3 rings (SSSR count). The molecule has 1 fully saturated rings. The number of amides is 2. The number of rotatable bonds is 4. The van der Waals surface area contributed by atoms with E-state index in [0.717, 1.165) is 23.8 Å². The van der Waals surface area contributed by atoms with Crippen molar-refractivity contribution in [1.82, 2.24) is 0 Å². The lowest BCUT2D eigenvalue weighted by Gasteiger charge is -2.12. The van der Waals surface area contributed by atoms with Gasteiger partial charge >= 0.3 is 6.18 Å². The number of para-hydroxylation sites is 1. The van der Waals surface area contributed by atoms with Crippen LogP contribution in [0.25, 0.3) is 0 Å². The number of aryl methyl sites for hydroxylation is 1. The van der Waals surface area contributed by atoms with Gasteiger partial charge in [-0.2, -0.15) is 13.2 Å². The quantitative estimate of drug-likeness (QED) is 0.773. The van der Waals surface area contributed by atoms with Gasteiger partial charge in [0.1, 0.15) is 0 Å². The number of nitrogens with one attached hydrogen (secondary N) is 2. The minimum Gasteiger partial charge on any atom is -0.326 e. The topological polar surface area (TPSA) is 58.2 Å². The van der Waals surface area contributed by atoms with Crippen LogP contribution < -0.4 is 10.6 Å². The molecule has 0 aliphatic heterocycles. The van der Waals surface area contributed by atoms with Crippen LogP contribution in [0.1, 0.15) is 17.5 Å². The van der Waals surface area contributed by atoms with Gasteiger partial charge in [0.2, 0.25) is 11.8 Å². The smallest absolute Gasteiger partial charge is 0.326 e. The third-order valence-corrected chi connectivity index (χ3v) is 4.75. The standard InChI is InChI=1S/C19H16ClF3N2O2/c1-10-4-2-3-5-15(10)24-17(26)12-9-13(12)18(27)25-16-8-11(19(21,22)23)6-7-14(16)20/h2-8,12-13H,9H2,1H3,(H,24,26)(H,25,27). The van der Waals surface area contributed by atoms with E-state index < -0.39 is 29.5 Å². The second-order valence-corrected chi connectivity index (χ2v) is 6.84. The summed E-state index contributed by atoms with van der Waals surface area (Å²) in [5.74, 6) is -1.94. The van der Waals surface area contributed by atoms with Crippen LogP contribution >= 0.6 is 11.6 Å². The fourth-order valence-electron chi connectivity index (χ4n) is 2.74. The average molecular weight is 397 g/mol. The Bertz CT molecular complexity index is 899. The summed E-state index contributed by atoms with van der Waals surface area (Å²) in [4.78, 5) is 24.6. The Morgan fingerprint density at radius 1 is 1.00 bits per heavy atom. The van der Waals surface area contributed by atoms with Crippen LogP contribution in [-0.2, 0) is 15.8 Å². The molecule has 2 unspecified atom stereocenters. The van der Waals surface area contributed by atoms with Gasteiger partial charge in [0.15, 0.2) is 0 Å². The molecule has 2 atom stereocenters. The van der Waals surface area contributed by atoms with Crippen LogP contribution in [0.15, 0.2) is 42.5 Å². The van der Waals surface area contributed by atoms with E-state index in [-0.39, 0.29) is 16.6 Å². The van der Waals surface area contributed by atoms with Crippen LogP contribution in [0, 0.1) is 18.8 Å². The van der Waals surface area contributed by atoms with E-state index >= 15 is 0 Å². The summed E-state index contributed by atoms with van der Waals surface area (Å²) in [6.07, 6.45) is -4.21. The monoisotopic (exact) mass is 396 g/mol. The maximum atomic E-state index is 12.8. The SMILES string of the molecule is Cc1ccccc1NC(=O)C1CC1C(=O)Nc1cc(C(F)(F)F)ccc1Cl. The zero-order chi connectivity index (χ0) is 19.8. The molecule has 142 valence electrons. The molecule has 2 N–H and O–H groups in total. The van der Waals surface area contributed by atoms with Gasteiger partial charge in [-0.3, -0.25) is 9.59 Å². The minimum absolute atomic E-state index is 0.00193. The van der Waals surface area contributed by atoms with Gasteiger partial charge in [0.25, 0.3) is 0 Å². The van der Waals surface area contributed by atoms with Crippen LogP contribution in [0.3, 0.4) is 0 Å². The molecule has 0 saturated heterocycles. The molecule has 1 aliphatic carbocycles. The van der Waals surface area contributed by atoms with Gasteiger partial charge in [0.05, 0.1) is 28.1 Å². The van der Waals surface area contributed by atoms with Crippen molar-refractivity contribution < 1.29 is 22.8 Å². The molecule has 0 spiro atoms.